The molecule has 1 aliphatic rings. The lowest BCUT2D eigenvalue weighted by Gasteiger charge is -2.51. The van der Waals surface area contributed by atoms with Gasteiger partial charge in [-0.2, -0.15) is 5.06 Å². The zero-order chi connectivity index (χ0) is 13.3. The minimum atomic E-state index is -0.381. The van der Waals surface area contributed by atoms with Gasteiger partial charge in [-0.15, -0.1) is 0 Å². The summed E-state index contributed by atoms with van der Waals surface area (Å²) in [5.74, 6) is 0. The lowest BCUT2D eigenvalue weighted by Crippen LogP contribution is -2.60. The summed E-state index contributed by atoms with van der Waals surface area (Å²) < 4.78 is 5.77. The first kappa shape index (κ1) is 14.9. The molecule has 1 unspecified atom stereocenters. The molecular formula is C13H27NO3. The zero-order valence-electron chi connectivity index (χ0n) is 11.7. The first-order chi connectivity index (χ1) is 7.69. The Morgan fingerprint density at radius 3 is 2.12 bits per heavy atom. The van der Waals surface area contributed by atoms with Crippen LogP contribution in [0.4, 0.5) is 0 Å². The number of aliphatic hydroxyl groups is 1. The van der Waals surface area contributed by atoms with E-state index in [2.05, 4.69) is 0 Å². The smallest absolute Gasteiger partial charge is 0.0771 e. The molecule has 1 atom stereocenters. The summed E-state index contributed by atoms with van der Waals surface area (Å²) in [6.45, 7) is 10.4. The number of rotatable bonds is 4. The van der Waals surface area contributed by atoms with E-state index >= 15 is 0 Å². The first-order valence-electron chi connectivity index (χ1n) is 6.48. The van der Waals surface area contributed by atoms with Crippen molar-refractivity contribution in [3.8, 4) is 0 Å². The molecule has 4 nitrogen and oxygen atoms in total. The molecule has 1 fully saturated rings. The largest absolute Gasteiger partial charge is 0.391 e. The molecule has 4 heteroatoms. The molecule has 1 rings (SSSR count). The number of ether oxygens (including phenoxy) is 1. The van der Waals surface area contributed by atoms with Gasteiger partial charge in [0.15, 0.2) is 0 Å². The van der Waals surface area contributed by atoms with Gasteiger partial charge in [0.25, 0.3) is 0 Å². The fourth-order valence-corrected chi connectivity index (χ4v) is 2.66. The summed E-state index contributed by atoms with van der Waals surface area (Å²) in [7, 11) is 0. The van der Waals surface area contributed by atoms with Crippen LogP contribution in [0.15, 0.2) is 0 Å². The molecule has 1 heterocycles. The molecule has 1 saturated heterocycles. The van der Waals surface area contributed by atoms with Crippen molar-refractivity contribution in [1.29, 1.82) is 0 Å². The van der Waals surface area contributed by atoms with Gasteiger partial charge in [0.2, 0.25) is 0 Å². The van der Waals surface area contributed by atoms with Crippen molar-refractivity contribution < 1.29 is 15.1 Å². The maximum absolute atomic E-state index is 10.1. The SMILES string of the molecule is CCC(O)COC1CC(C)(C)N(O)C(C)(C)C1. The molecule has 0 aromatic heterocycles. The van der Waals surface area contributed by atoms with Crippen molar-refractivity contribution in [1.82, 2.24) is 5.06 Å². The van der Waals surface area contributed by atoms with Crippen LogP contribution in [0, 0.1) is 0 Å². The monoisotopic (exact) mass is 245 g/mol. The number of nitrogens with zero attached hydrogens (tertiary/aromatic N) is 1. The van der Waals surface area contributed by atoms with Gasteiger partial charge in [0.05, 0.1) is 18.8 Å². The van der Waals surface area contributed by atoms with Gasteiger partial charge >= 0.3 is 0 Å². The standard InChI is InChI=1S/C13H27NO3/c1-6-10(15)9-17-11-7-12(2,3)14(16)13(4,5)8-11/h10-11,15-16H,6-9H2,1-5H3. The van der Waals surface area contributed by atoms with E-state index in [-0.39, 0.29) is 23.3 Å². The van der Waals surface area contributed by atoms with E-state index in [1.807, 2.05) is 34.6 Å². The second-order valence-corrected chi connectivity index (χ2v) is 6.36. The van der Waals surface area contributed by atoms with Gasteiger partial charge in [-0.1, -0.05) is 6.92 Å². The molecule has 17 heavy (non-hydrogen) atoms. The molecule has 0 aromatic rings. The second-order valence-electron chi connectivity index (χ2n) is 6.36. The summed E-state index contributed by atoms with van der Waals surface area (Å²) in [4.78, 5) is 0. The fourth-order valence-electron chi connectivity index (χ4n) is 2.66. The van der Waals surface area contributed by atoms with Crippen molar-refractivity contribution >= 4 is 0 Å². The predicted molar refractivity (Wildman–Crippen MR) is 67.1 cm³/mol. The van der Waals surface area contributed by atoms with Crippen LogP contribution in [0.25, 0.3) is 0 Å². The Bertz CT molecular complexity index is 235. The van der Waals surface area contributed by atoms with Gasteiger partial charge in [0.1, 0.15) is 0 Å². The van der Waals surface area contributed by atoms with Gasteiger partial charge in [-0.25, -0.2) is 0 Å². The van der Waals surface area contributed by atoms with Gasteiger partial charge in [-0.05, 0) is 47.0 Å². The minimum absolute atomic E-state index is 0.101. The number of hydrogen-bond acceptors (Lipinski definition) is 4. The third-order valence-corrected chi connectivity index (χ3v) is 3.60. The van der Waals surface area contributed by atoms with Crippen molar-refractivity contribution in [2.75, 3.05) is 6.61 Å². The highest BCUT2D eigenvalue weighted by Gasteiger charge is 2.45. The third-order valence-electron chi connectivity index (χ3n) is 3.60. The van der Waals surface area contributed by atoms with E-state index < -0.39 is 0 Å². The summed E-state index contributed by atoms with van der Waals surface area (Å²) in [6, 6.07) is 0. The summed E-state index contributed by atoms with van der Waals surface area (Å²) in [5, 5.41) is 21.1. The van der Waals surface area contributed by atoms with Crippen LogP contribution in [0.1, 0.15) is 53.9 Å². The van der Waals surface area contributed by atoms with Crippen LogP contribution in [-0.4, -0.2) is 45.3 Å². The Morgan fingerprint density at radius 2 is 1.71 bits per heavy atom. The number of aliphatic hydroxyl groups excluding tert-OH is 1. The van der Waals surface area contributed by atoms with Crippen LogP contribution in [0.5, 0.6) is 0 Å². The van der Waals surface area contributed by atoms with Gasteiger partial charge < -0.3 is 15.1 Å². The molecule has 0 radical (unpaired) electrons. The Morgan fingerprint density at radius 1 is 1.24 bits per heavy atom. The normalized spacial score (nSPS) is 27.0. The molecular weight excluding hydrogens is 218 g/mol. The Kier molecular flexibility index (Phi) is 4.58. The highest BCUT2D eigenvalue weighted by Crippen LogP contribution is 2.37. The van der Waals surface area contributed by atoms with E-state index in [1.165, 1.54) is 5.06 Å². The summed E-state index contributed by atoms with van der Waals surface area (Å²) >= 11 is 0. The van der Waals surface area contributed by atoms with E-state index in [4.69, 9.17) is 4.74 Å². The van der Waals surface area contributed by atoms with Gasteiger partial charge in [-0.3, -0.25) is 0 Å². The minimum Gasteiger partial charge on any atom is -0.391 e. The average molecular weight is 245 g/mol. The maximum Gasteiger partial charge on any atom is 0.0771 e. The lowest BCUT2D eigenvalue weighted by molar-refractivity contribution is -0.262. The number of hydroxylamine groups is 2. The van der Waals surface area contributed by atoms with Crippen LogP contribution >= 0.6 is 0 Å². The quantitative estimate of drug-likeness (QED) is 0.797. The molecule has 102 valence electrons. The van der Waals surface area contributed by atoms with Crippen LogP contribution in [0.2, 0.25) is 0 Å². The Balaban J connectivity index is 2.59. The van der Waals surface area contributed by atoms with Crippen molar-refractivity contribution in [2.45, 2.75) is 77.2 Å². The van der Waals surface area contributed by atoms with Crippen molar-refractivity contribution in [2.24, 2.45) is 0 Å². The topological polar surface area (TPSA) is 52.9 Å². The number of hydrogen-bond donors (Lipinski definition) is 2. The van der Waals surface area contributed by atoms with Crippen LogP contribution in [-0.2, 0) is 4.74 Å². The first-order valence-corrected chi connectivity index (χ1v) is 6.48. The molecule has 0 aliphatic carbocycles. The molecule has 0 amide bonds. The van der Waals surface area contributed by atoms with E-state index in [0.29, 0.717) is 13.0 Å². The fraction of sp³-hybridized carbons (Fsp3) is 1.00. The molecule has 1 aliphatic heterocycles. The third kappa shape index (κ3) is 3.65. The Hall–Kier alpha value is -0.160. The maximum atomic E-state index is 10.1. The second kappa shape index (κ2) is 5.22. The number of piperidine rings is 1. The zero-order valence-corrected chi connectivity index (χ0v) is 11.7. The Labute approximate surface area is 105 Å². The average Bonchev–Trinajstić information content (AvgIpc) is 2.21. The summed E-state index contributed by atoms with van der Waals surface area (Å²) in [5.41, 5.74) is -0.576. The van der Waals surface area contributed by atoms with Crippen molar-refractivity contribution in [3.05, 3.63) is 0 Å². The molecule has 0 saturated carbocycles. The van der Waals surface area contributed by atoms with E-state index in [0.717, 1.165) is 12.8 Å². The van der Waals surface area contributed by atoms with E-state index in [1.54, 1.807) is 0 Å². The molecule has 0 aromatic carbocycles. The molecule has 2 N–H and O–H groups in total. The molecule has 0 spiro atoms. The summed E-state index contributed by atoms with van der Waals surface area (Å²) in [6.07, 6.45) is 2.00. The van der Waals surface area contributed by atoms with Crippen LogP contribution < -0.4 is 0 Å². The van der Waals surface area contributed by atoms with Crippen LogP contribution in [0.3, 0.4) is 0 Å². The predicted octanol–water partition coefficient (Wildman–Crippen LogP) is 2.18. The van der Waals surface area contributed by atoms with E-state index in [9.17, 15) is 10.3 Å². The highest BCUT2D eigenvalue weighted by molar-refractivity contribution is 4.96. The lowest BCUT2D eigenvalue weighted by atomic mass is 9.80. The highest BCUT2D eigenvalue weighted by atomic mass is 16.5. The van der Waals surface area contributed by atoms with Crippen molar-refractivity contribution in [3.63, 3.8) is 0 Å². The van der Waals surface area contributed by atoms with Gasteiger partial charge in [0, 0.05) is 11.1 Å². The molecule has 0 bridgehead atoms.